The largest absolute Gasteiger partial charge is 0.383 e. The number of hydrogen-bond acceptors (Lipinski definition) is 4. The molecule has 0 saturated carbocycles. The molecule has 2 rings (SSSR count). The summed E-state index contributed by atoms with van der Waals surface area (Å²) in [7, 11) is 0. The second-order valence-corrected chi connectivity index (χ2v) is 3.41. The van der Waals surface area contributed by atoms with E-state index in [-0.39, 0.29) is 0 Å². The fraction of sp³-hybridized carbons (Fsp3) is 0.250. The van der Waals surface area contributed by atoms with Gasteiger partial charge in [-0.05, 0) is 17.4 Å². The number of fused-ring (bicyclic) bond motifs is 1. The standard InChI is InChI=1S/C8H9N3S/c1-2-5-3-12-8-6(5)7(9)10-4-11-8/h3-4H,2H2,1H3,(H2,9,10,11). The Bertz CT molecular complexity index is 408. The van der Waals surface area contributed by atoms with Crippen LogP contribution in [0.1, 0.15) is 12.5 Å². The Labute approximate surface area is 74.3 Å². The summed E-state index contributed by atoms with van der Waals surface area (Å²) in [6.07, 6.45) is 2.49. The Morgan fingerprint density at radius 1 is 1.50 bits per heavy atom. The van der Waals surface area contributed by atoms with Crippen molar-refractivity contribution >= 4 is 27.4 Å². The first-order valence-corrected chi connectivity index (χ1v) is 4.67. The van der Waals surface area contributed by atoms with Crippen molar-refractivity contribution in [1.82, 2.24) is 9.97 Å². The van der Waals surface area contributed by atoms with Crippen molar-refractivity contribution in [3.8, 4) is 0 Å². The number of aromatic nitrogens is 2. The van der Waals surface area contributed by atoms with Crippen LogP contribution in [-0.4, -0.2) is 9.97 Å². The van der Waals surface area contributed by atoms with Gasteiger partial charge in [-0.1, -0.05) is 6.92 Å². The maximum atomic E-state index is 5.73. The molecule has 0 fully saturated rings. The van der Waals surface area contributed by atoms with Gasteiger partial charge in [0, 0.05) is 0 Å². The minimum absolute atomic E-state index is 0.595. The molecule has 0 unspecified atom stereocenters. The molecule has 62 valence electrons. The van der Waals surface area contributed by atoms with Crippen LogP contribution in [0.2, 0.25) is 0 Å². The number of nitrogens with two attached hydrogens (primary N) is 1. The lowest BCUT2D eigenvalue weighted by molar-refractivity contribution is 1.16. The van der Waals surface area contributed by atoms with E-state index in [1.54, 1.807) is 11.3 Å². The summed E-state index contributed by atoms with van der Waals surface area (Å²) in [5.74, 6) is 0.595. The average Bonchev–Trinajstić information content (AvgIpc) is 2.49. The van der Waals surface area contributed by atoms with Gasteiger partial charge in [0.05, 0.1) is 5.39 Å². The monoisotopic (exact) mass is 179 g/mol. The Morgan fingerprint density at radius 3 is 3.08 bits per heavy atom. The summed E-state index contributed by atoms with van der Waals surface area (Å²) in [6.45, 7) is 2.11. The third-order valence-corrected chi connectivity index (χ3v) is 2.79. The summed E-state index contributed by atoms with van der Waals surface area (Å²) in [5.41, 5.74) is 6.98. The van der Waals surface area contributed by atoms with E-state index in [1.807, 2.05) is 0 Å². The van der Waals surface area contributed by atoms with Gasteiger partial charge in [0.2, 0.25) is 0 Å². The van der Waals surface area contributed by atoms with Gasteiger partial charge in [-0.2, -0.15) is 0 Å². The Hall–Kier alpha value is -1.16. The number of anilines is 1. The smallest absolute Gasteiger partial charge is 0.135 e. The normalized spacial score (nSPS) is 10.8. The first kappa shape index (κ1) is 7.49. The first-order valence-electron chi connectivity index (χ1n) is 3.79. The van der Waals surface area contributed by atoms with Crippen LogP contribution in [-0.2, 0) is 6.42 Å². The number of nitrogen functional groups attached to an aromatic ring is 1. The molecule has 0 radical (unpaired) electrons. The van der Waals surface area contributed by atoms with Gasteiger partial charge in [0.15, 0.2) is 0 Å². The highest BCUT2D eigenvalue weighted by Gasteiger charge is 2.06. The molecule has 0 aliphatic heterocycles. The average molecular weight is 179 g/mol. The van der Waals surface area contributed by atoms with E-state index < -0.39 is 0 Å². The zero-order valence-corrected chi connectivity index (χ0v) is 7.56. The summed E-state index contributed by atoms with van der Waals surface area (Å²) in [6, 6.07) is 0. The maximum Gasteiger partial charge on any atom is 0.135 e. The van der Waals surface area contributed by atoms with E-state index in [0.29, 0.717) is 5.82 Å². The molecule has 0 aromatic carbocycles. The van der Waals surface area contributed by atoms with Crippen LogP contribution in [0.5, 0.6) is 0 Å². The number of rotatable bonds is 1. The number of thiophene rings is 1. The van der Waals surface area contributed by atoms with Crippen LogP contribution in [0.25, 0.3) is 10.2 Å². The summed E-state index contributed by atoms with van der Waals surface area (Å²) in [5, 5.41) is 3.13. The number of nitrogens with zero attached hydrogens (tertiary/aromatic N) is 2. The van der Waals surface area contributed by atoms with Gasteiger partial charge in [-0.3, -0.25) is 0 Å². The zero-order valence-electron chi connectivity index (χ0n) is 6.74. The van der Waals surface area contributed by atoms with Gasteiger partial charge in [0.25, 0.3) is 0 Å². The van der Waals surface area contributed by atoms with E-state index in [1.165, 1.54) is 11.9 Å². The molecule has 2 aromatic rings. The molecule has 0 amide bonds. The Balaban J connectivity index is 2.83. The fourth-order valence-corrected chi connectivity index (χ4v) is 2.22. The van der Waals surface area contributed by atoms with E-state index in [9.17, 15) is 0 Å². The zero-order chi connectivity index (χ0) is 8.55. The van der Waals surface area contributed by atoms with Crippen molar-refractivity contribution in [3.63, 3.8) is 0 Å². The number of aryl methyl sites for hydroxylation is 1. The van der Waals surface area contributed by atoms with Gasteiger partial charge in [-0.25, -0.2) is 9.97 Å². The minimum atomic E-state index is 0.595. The second kappa shape index (κ2) is 2.71. The Morgan fingerprint density at radius 2 is 2.33 bits per heavy atom. The lowest BCUT2D eigenvalue weighted by Crippen LogP contribution is -1.92. The number of hydrogen-bond donors (Lipinski definition) is 1. The molecule has 3 nitrogen and oxygen atoms in total. The van der Waals surface area contributed by atoms with Crippen LogP contribution < -0.4 is 5.73 Å². The van der Waals surface area contributed by atoms with Gasteiger partial charge < -0.3 is 5.73 Å². The molecule has 12 heavy (non-hydrogen) atoms. The van der Waals surface area contributed by atoms with Crippen molar-refractivity contribution in [1.29, 1.82) is 0 Å². The van der Waals surface area contributed by atoms with Gasteiger partial charge in [-0.15, -0.1) is 11.3 Å². The molecule has 2 heterocycles. The predicted molar refractivity (Wildman–Crippen MR) is 51.2 cm³/mol. The molecule has 0 saturated heterocycles. The van der Waals surface area contributed by atoms with Crippen molar-refractivity contribution in [2.75, 3.05) is 5.73 Å². The second-order valence-electron chi connectivity index (χ2n) is 2.55. The van der Waals surface area contributed by atoms with Crippen LogP contribution in [0.15, 0.2) is 11.7 Å². The molecule has 0 aliphatic carbocycles. The van der Waals surface area contributed by atoms with Crippen molar-refractivity contribution in [2.24, 2.45) is 0 Å². The molecule has 0 spiro atoms. The third kappa shape index (κ3) is 0.956. The fourth-order valence-electron chi connectivity index (χ4n) is 1.22. The maximum absolute atomic E-state index is 5.73. The first-order chi connectivity index (χ1) is 5.83. The van der Waals surface area contributed by atoms with Crippen LogP contribution >= 0.6 is 11.3 Å². The lowest BCUT2D eigenvalue weighted by atomic mass is 10.2. The van der Waals surface area contributed by atoms with Crippen LogP contribution in [0, 0.1) is 0 Å². The Kier molecular flexibility index (Phi) is 1.69. The summed E-state index contributed by atoms with van der Waals surface area (Å²) >= 11 is 1.62. The van der Waals surface area contributed by atoms with Crippen LogP contribution in [0.3, 0.4) is 0 Å². The lowest BCUT2D eigenvalue weighted by Gasteiger charge is -1.95. The van der Waals surface area contributed by atoms with E-state index in [0.717, 1.165) is 16.6 Å². The highest BCUT2D eigenvalue weighted by Crippen LogP contribution is 2.27. The van der Waals surface area contributed by atoms with Gasteiger partial charge >= 0.3 is 0 Å². The molecule has 4 heteroatoms. The quantitative estimate of drug-likeness (QED) is 0.726. The van der Waals surface area contributed by atoms with E-state index in [2.05, 4.69) is 22.3 Å². The molecule has 0 bridgehead atoms. The van der Waals surface area contributed by atoms with Crippen LogP contribution in [0.4, 0.5) is 5.82 Å². The minimum Gasteiger partial charge on any atom is -0.383 e. The highest BCUT2D eigenvalue weighted by molar-refractivity contribution is 7.17. The summed E-state index contributed by atoms with van der Waals surface area (Å²) < 4.78 is 0. The molecule has 0 aliphatic rings. The molecular weight excluding hydrogens is 170 g/mol. The van der Waals surface area contributed by atoms with Gasteiger partial charge in [0.1, 0.15) is 17.0 Å². The molecular formula is C8H9N3S. The highest BCUT2D eigenvalue weighted by atomic mass is 32.1. The third-order valence-electron chi connectivity index (χ3n) is 1.86. The van der Waals surface area contributed by atoms with E-state index >= 15 is 0 Å². The molecule has 2 aromatic heterocycles. The molecule has 0 atom stereocenters. The summed E-state index contributed by atoms with van der Waals surface area (Å²) in [4.78, 5) is 9.09. The van der Waals surface area contributed by atoms with Crippen molar-refractivity contribution in [3.05, 3.63) is 17.3 Å². The van der Waals surface area contributed by atoms with E-state index in [4.69, 9.17) is 5.73 Å². The SMILES string of the molecule is CCc1csc2ncnc(N)c12. The topological polar surface area (TPSA) is 51.8 Å². The van der Waals surface area contributed by atoms with Crippen molar-refractivity contribution < 1.29 is 0 Å². The predicted octanol–water partition coefficient (Wildman–Crippen LogP) is 1.84. The molecule has 2 N–H and O–H groups in total. The van der Waals surface area contributed by atoms with Crippen molar-refractivity contribution in [2.45, 2.75) is 13.3 Å².